The Labute approximate surface area is 194 Å². The fourth-order valence-corrected chi connectivity index (χ4v) is 3.47. The van der Waals surface area contributed by atoms with Gasteiger partial charge in [0.25, 0.3) is 12.3 Å². The van der Waals surface area contributed by atoms with Crippen molar-refractivity contribution in [2.45, 2.75) is 31.1 Å². The average molecular weight is 505 g/mol. The largest absolute Gasteiger partial charge is 0.470 e. The quantitative estimate of drug-likeness (QED) is 0.377. The number of hydrogen-bond acceptors (Lipinski definition) is 5. The summed E-state index contributed by atoms with van der Waals surface area (Å²) in [6.45, 7) is -1.25. The number of nitrogens with one attached hydrogen (secondary N) is 1. The van der Waals surface area contributed by atoms with Gasteiger partial charge in [-0.2, -0.15) is 18.3 Å². The normalized spacial score (nSPS) is 15.0. The van der Waals surface area contributed by atoms with E-state index >= 15 is 0 Å². The Bertz CT molecular complexity index is 1230. The predicted molar refractivity (Wildman–Crippen MR) is 111 cm³/mol. The second-order valence-electron chi connectivity index (χ2n) is 7.81. The molecule has 1 saturated carbocycles. The molecule has 0 saturated heterocycles. The van der Waals surface area contributed by atoms with Crippen LogP contribution in [0.5, 0.6) is 5.88 Å². The molecule has 2 heterocycles. The molecule has 1 fully saturated rings. The van der Waals surface area contributed by atoms with E-state index in [1.165, 1.54) is 31.6 Å². The molecular weight excluding hydrogens is 487 g/mol. The number of hydrogen-bond donors (Lipinski definition) is 2. The van der Waals surface area contributed by atoms with Crippen LogP contribution in [-0.2, 0) is 13.2 Å². The van der Waals surface area contributed by atoms with E-state index in [1.54, 1.807) is 6.07 Å². The molecule has 0 atom stereocenters. The van der Waals surface area contributed by atoms with Gasteiger partial charge in [0.1, 0.15) is 0 Å². The van der Waals surface area contributed by atoms with Crippen molar-refractivity contribution in [2.24, 2.45) is 12.8 Å². The van der Waals surface area contributed by atoms with E-state index in [-0.39, 0.29) is 10.6 Å². The number of benzene rings is 1. The average Bonchev–Trinajstić information content (AvgIpc) is 3.13. The van der Waals surface area contributed by atoms with Crippen molar-refractivity contribution in [3.05, 3.63) is 46.7 Å². The number of carbonyl (C=O) groups excluding carboxylic acids is 1. The van der Waals surface area contributed by atoms with Crippen molar-refractivity contribution < 1.29 is 31.5 Å². The van der Waals surface area contributed by atoms with Crippen LogP contribution in [0, 0.1) is 0 Å². The highest BCUT2D eigenvalue weighted by atomic mass is 35.5. The molecule has 0 aliphatic heterocycles. The van der Waals surface area contributed by atoms with Gasteiger partial charge in [-0.1, -0.05) is 17.7 Å². The van der Waals surface area contributed by atoms with E-state index < -0.39 is 48.0 Å². The first-order valence-corrected chi connectivity index (χ1v) is 10.3. The molecule has 0 spiro atoms. The van der Waals surface area contributed by atoms with Gasteiger partial charge in [-0.15, -0.1) is 5.10 Å². The lowest BCUT2D eigenvalue weighted by molar-refractivity contribution is -0.139. The summed E-state index contributed by atoms with van der Waals surface area (Å²) >= 11 is 6.15. The van der Waals surface area contributed by atoms with Crippen LogP contribution in [0.1, 0.15) is 28.8 Å². The number of halogens is 6. The lowest BCUT2D eigenvalue weighted by Crippen LogP contribution is -2.43. The molecule has 3 aromatic rings. The van der Waals surface area contributed by atoms with Gasteiger partial charge in [-0.25, -0.2) is 18.1 Å². The van der Waals surface area contributed by atoms with Crippen LogP contribution in [0.15, 0.2) is 30.6 Å². The third-order valence-corrected chi connectivity index (χ3v) is 5.44. The standard InChI is InChI=1S/C20H18ClF5N6O2/c1-31-18(15(20(24,25)26)17(30-31)34-9-14(22)23)32-8-11(7-28-32)10-2-3-13(21)12(6-10)16(33)29-19(27)4-5-19/h2-3,6-8,14H,4-5,9,27H2,1H3,(H,29,33). The number of rotatable bonds is 7. The Balaban J connectivity index is 1.69. The zero-order valence-electron chi connectivity index (χ0n) is 17.5. The van der Waals surface area contributed by atoms with E-state index in [0.717, 1.165) is 9.36 Å². The molecule has 0 bridgehead atoms. The van der Waals surface area contributed by atoms with Crippen molar-refractivity contribution in [3.8, 4) is 22.8 Å². The second-order valence-corrected chi connectivity index (χ2v) is 8.21. The second kappa shape index (κ2) is 8.55. The summed E-state index contributed by atoms with van der Waals surface area (Å²) in [6, 6.07) is 4.51. The lowest BCUT2D eigenvalue weighted by Gasteiger charge is -2.13. The molecular formula is C20H18ClF5N6O2. The van der Waals surface area contributed by atoms with Crippen molar-refractivity contribution in [1.29, 1.82) is 0 Å². The number of carbonyl (C=O) groups is 1. The number of nitrogens with two attached hydrogens (primary N) is 1. The number of alkyl halides is 5. The summed E-state index contributed by atoms with van der Waals surface area (Å²) < 4.78 is 72.5. The summed E-state index contributed by atoms with van der Waals surface area (Å²) in [5, 5.41) is 10.4. The predicted octanol–water partition coefficient (Wildman–Crippen LogP) is 3.77. The Morgan fingerprint density at radius 3 is 2.65 bits per heavy atom. The minimum absolute atomic E-state index is 0.142. The third-order valence-electron chi connectivity index (χ3n) is 5.11. The Morgan fingerprint density at radius 1 is 1.32 bits per heavy atom. The molecule has 3 N–H and O–H groups in total. The highest BCUT2D eigenvalue weighted by Crippen LogP contribution is 2.40. The topological polar surface area (TPSA) is 100.0 Å². The molecule has 1 amide bonds. The van der Waals surface area contributed by atoms with Crippen LogP contribution in [0.25, 0.3) is 16.9 Å². The van der Waals surface area contributed by atoms with Gasteiger partial charge in [0.05, 0.1) is 22.4 Å². The summed E-state index contributed by atoms with van der Waals surface area (Å²) in [5.74, 6) is -2.00. The number of ether oxygens (including phenoxy) is 1. The van der Waals surface area contributed by atoms with Crippen molar-refractivity contribution in [1.82, 2.24) is 24.9 Å². The van der Waals surface area contributed by atoms with Gasteiger partial charge in [-0.05, 0) is 30.5 Å². The van der Waals surface area contributed by atoms with Crippen LogP contribution in [0.4, 0.5) is 22.0 Å². The first-order chi connectivity index (χ1) is 15.9. The van der Waals surface area contributed by atoms with Crippen LogP contribution in [-0.4, -0.2) is 44.2 Å². The van der Waals surface area contributed by atoms with Crippen LogP contribution >= 0.6 is 11.6 Å². The molecule has 0 unspecified atom stereocenters. The van der Waals surface area contributed by atoms with Gasteiger partial charge in [0.2, 0.25) is 5.88 Å². The Morgan fingerprint density at radius 2 is 2.03 bits per heavy atom. The minimum atomic E-state index is -4.96. The third kappa shape index (κ3) is 4.85. The molecule has 1 aromatic carbocycles. The van der Waals surface area contributed by atoms with E-state index in [1.807, 2.05) is 0 Å². The molecule has 1 aliphatic rings. The minimum Gasteiger partial charge on any atom is -0.470 e. The molecule has 2 aromatic heterocycles. The summed E-state index contributed by atoms with van der Waals surface area (Å²) in [7, 11) is 1.20. The molecule has 14 heteroatoms. The number of aryl methyl sites for hydroxylation is 1. The zero-order chi connectivity index (χ0) is 24.8. The van der Waals surface area contributed by atoms with Crippen molar-refractivity contribution >= 4 is 17.5 Å². The fraction of sp³-hybridized carbons (Fsp3) is 0.350. The van der Waals surface area contributed by atoms with Gasteiger partial charge >= 0.3 is 6.18 Å². The summed E-state index contributed by atoms with van der Waals surface area (Å²) in [6.07, 6.45) is -4.11. The smallest absolute Gasteiger partial charge is 0.425 e. The van der Waals surface area contributed by atoms with Gasteiger partial charge in [0, 0.05) is 18.8 Å². The molecule has 4 rings (SSSR count). The van der Waals surface area contributed by atoms with Crippen LogP contribution in [0.3, 0.4) is 0 Å². The van der Waals surface area contributed by atoms with Crippen LogP contribution < -0.4 is 15.8 Å². The maximum Gasteiger partial charge on any atom is 0.425 e. The first kappa shape index (κ1) is 24.0. The van der Waals surface area contributed by atoms with Crippen molar-refractivity contribution in [2.75, 3.05) is 6.61 Å². The molecule has 8 nitrogen and oxygen atoms in total. The van der Waals surface area contributed by atoms with E-state index in [2.05, 4.69) is 20.3 Å². The van der Waals surface area contributed by atoms with Gasteiger partial charge in [0.15, 0.2) is 18.0 Å². The van der Waals surface area contributed by atoms with Gasteiger partial charge in [-0.3, -0.25) is 4.79 Å². The van der Waals surface area contributed by atoms with Crippen molar-refractivity contribution in [3.63, 3.8) is 0 Å². The first-order valence-electron chi connectivity index (χ1n) is 9.89. The molecule has 1 aliphatic carbocycles. The van der Waals surface area contributed by atoms with Crippen LogP contribution in [0.2, 0.25) is 5.02 Å². The fourth-order valence-electron chi connectivity index (χ4n) is 3.26. The number of aromatic nitrogens is 4. The monoisotopic (exact) mass is 504 g/mol. The zero-order valence-corrected chi connectivity index (χ0v) is 18.3. The Hall–Kier alpha value is -3.19. The highest BCUT2D eigenvalue weighted by molar-refractivity contribution is 6.34. The van der Waals surface area contributed by atoms with Gasteiger partial charge < -0.3 is 15.8 Å². The summed E-state index contributed by atoms with van der Waals surface area (Å²) in [5.41, 5.74) is 4.76. The lowest BCUT2D eigenvalue weighted by atomic mass is 10.1. The summed E-state index contributed by atoms with van der Waals surface area (Å²) in [4.78, 5) is 12.5. The number of amides is 1. The van der Waals surface area contributed by atoms with E-state index in [9.17, 15) is 26.7 Å². The molecule has 182 valence electrons. The maximum atomic E-state index is 13.8. The number of nitrogens with zero attached hydrogens (tertiary/aromatic N) is 4. The maximum absolute atomic E-state index is 13.8. The SMILES string of the molecule is Cn1nc(OCC(F)F)c(C(F)(F)F)c1-n1cc(-c2ccc(Cl)c(C(=O)NC3(N)CC3)c2)cn1. The van der Waals surface area contributed by atoms with E-state index in [4.69, 9.17) is 17.3 Å². The Kier molecular flexibility index (Phi) is 6.02. The molecule has 34 heavy (non-hydrogen) atoms. The highest BCUT2D eigenvalue weighted by Gasteiger charge is 2.42. The van der Waals surface area contributed by atoms with E-state index in [0.29, 0.717) is 24.0 Å². The molecule has 0 radical (unpaired) electrons.